The fourth-order valence-corrected chi connectivity index (χ4v) is 3.79. The van der Waals surface area contributed by atoms with E-state index in [1.165, 1.54) is 24.9 Å². The highest BCUT2D eigenvalue weighted by atomic mass is 16.1. The Morgan fingerprint density at radius 3 is 2.52 bits per heavy atom. The number of imidazole rings is 1. The molecule has 0 atom stereocenters. The van der Waals surface area contributed by atoms with Crippen LogP contribution in [-0.2, 0) is 6.42 Å². The first-order chi connectivity index (χ1) is 13.2. The summed E-state index contributed by atoms with van der Waals surface area (Å²) in [4.78, 5) is 19.7. The standard InChI is InChI=1S/C22H26N4O/c1-3-20-16(2)26-15-17(7-12-21(26)24-20)22(27)23-18-8-10-19(11-9-18)25-13-5-4-6-14-25/h7-12,15H,3-6,13-14H2,1-2H3,(H,23,27). The minimum atomic E-state index is -0.103. The fraction of sp³-hybridized carbons (Fsp3) is 0.364. The predicted octanol–water partition coefficient (Wildman–Crippen LogP) is 4.45. The molecule has 0 radical (unpaired) electrons. The number of anilines is 2. The molecule has 140 valence electrons. The zero-order valence-corrected chi connectivity index (χ0v) is 16.0. The number of fused-ring (bicyclic) bond motifs is 1. The SMILES string of the molecule is CCc1nc2ccc(C(=O)Nc3ccc(N4CCCCC4)cc3)cn2c1C. The smallest absolute Gasteiger partial charge is 0.257 e. The molecule has 1 amide bonds. The van der Waals surface area contributed by atoms with Gasteiger partial charge in [0.1, 0.15) is 5.65 Å². The lowest BCUT2D eigenvalue weighted by molar-refractivity contribution is 0.102. The Bertz CT molecular complexity index is 952. The quantitative estimate of drug-likeness (QED) is 0.746. The molecule has 3 aromatic rings. The summed E-state index contributed by atoms with van der Waals surface area (Å²) in [7, 11) is 0. The van der Waals surface area contributed by atoms with Gasteiger partial charge in [-0.1, -0.05) is 6.92 Å². The molecule has 0 aliphatic carbocycles. The third-order valence-electron chi connectivity index (χ3n) is 5.40. The molecule has 1 aromatic carbocycles. The Hall–Kier alpha value is -2.82. The van der Waals surface area contributed by atoms with Crippen molar-refractivity contribution < 1.29 is 4.79 Å². The Balaban J connectivity index is 1.50. The Kier molecular flexibility index (Phi) is 4.84. The zero-order chi connectivity index (χ0) is 18.8. The van der Waals surface area contributed by atoms with Crippen molar-refractivity contribution in [3.05, 3.63) is 59.5 Å². The van der Waals surface area contributed by atoms with Gasteiger partial charge >= 0.3 is 0 Å². The van der Waals surface area contributed by atoms with Crippen molar-refractivity contribution in [3.8, 4) is 0 Å². The topological polar surface area (TPSA) is 49.6 Å². The van der Waals surface area contributed by atoms with Gasteiger partial charge in [-0.3, -0.25) is 4.79 Å². The predicted molar refractivity (Wildman–Crippen MR) is 110 cm³/mol. The van der Waals surface area contributed by atoms with Gasteiger partial charge in [0, 0.05) is 36.4 Å². The first-order valence-electron chi connectivity index (χ1n) is 9.79. The lowest BCUT2D eigenvalue weighted by atomic mass is 10.1. The molecule has 0 bridgehead atoms. The highest BCUT2D eigenvalue weighted by Crippen LogP contribution is 2.22. The summed E-state index contributed by atoms with van der Waals surface area (Å²) in [6.07, 6.45) is 6.60. The highest BCUT2D eigenvalue weighted by molar-refractivity contribution is 6.04. The second-order valence-electron chi connectivity index (χ2n) is 7.19. The molecule has 4 rings (SSSR count). The zero-order valence-electron chi connectivity index (χ0n) is 16.0. The molecule has 1 fully saturated rings. The van der Waals surface area contributed by atoms with Crippen LogP contribution in [0.4, 0.5) is 11.4 Å². The van der Waals surface area contributed by atoms with Crippen molar-refractivity contribution in [3.63, 3.8) is 0 Å². The van der Waals surface area contributed by atoms with Crippen LogP contribution in [0.25, 0.3) is 5.65 Å². The third-order valence-corrected chi connectivity index (χ3v) is 5.40. The minimum Gasteiger partial charge on any atom is -0.372 e. The molecule has 1 N–H and O–H groups in total. The van der Waals surface area contributed by atoms with Gasteiger partial charge in [-0.05, 0) is 69.0 Å². The molecule has 3 heterocycles. The number of carbonyl (C=O) groups excluding carboxylic acids is 1. The fourth-order valence-electron chi connectivity index (χ4n) is 3.79. The largest absolute Gasteiger partial charge is 0.372 e. The highest BCUT2D eigenvalue weighted by Gasteiger charge is 2.13. The van der Waals surface area contributed by atoms with E-state index in [4.69, 9.17) is 0 Å². The summed E-state index contributed by atoms with van der Waals surface area (Å²) in [6, 6.07) is 11.9. The van der Waals surface area contributed by atoms with Crippen molar-refractivity contribution in [1.29, 1.82) is 0 Å². The van der Waals surface area contributed by atoms with Crippen molar-refractivity contribution in [2.24, 2.45) is 0 Å². The lowest BCUT2D eigenvalue weighted by Gasteiger charge is -2.28. The molecule has 5 heteroatoms. The van der Waals surface area contributed by atoms with E-state index in [0.29, 0.717) is 5.56 Å². The number of nitrogens with one attached hydrogen (secondary N) is 1. The number of nitrogens with zero attached hydrogens (tertiary/aromatic N) is 3. The second-order valence-corrected chi connectivity index (χ2v) is 7.19. The first kappa shape index (κ1) is 17.6. The summed E-state index contributed by atoms with van der Waals surface area (Å²) in [6.45, 7) is 6.38. The normalized spacial score (nSPS) is 14.5. The molecule has 0 unspecified atom stereocenters. The van der Waals surface area contributed by atoms with Crippen molar-refractivity contribution in [2.75, 3.05) is 23.3 Å². The lowest BCUT2D eigenvalue weighted by Crippen LogP contribution is -2.29. The Morgan fingerprint density at radius 1 is 1.07 bits per heavy atom. The monoisotopic (exact) mass is 362 g/mol. The van der Waals surface area contributed by atoms with Crippen LogP contribution in [-0.4, -0.2) is 28.4 Å². The van der Waals surface area contributed by atoms with Gasteiger partial charge in [-0.25, -0.2) is 4.98 Å². The van der Waals surface area contributed by atoms with Crippen LogP contribution in [0, 0.1) is 6.92 Å². The van der Waals surface area contributed by atoms with Crippen LogP contribution in [0.15, 0.2) is 42.6 Å². The maximum atomic E-state index is 12.7. The number of rotatable bonds is 4. The Labute approximate surface area is 160 Å². The molecular weight excluding hydrogens is 336 g/mol. The van der Waals surface area contributed by atoms with Gasteiger partial charge in [0.05, 0.1) is 11.3 Å². The number of aryl methyl sites for hydroxylation is 2. The van der Waals surface area contributed by atoms with Gasteiger partial charge in [0.25, 0.3) is 5.91 Å². The van der Waals surface area contributed by atoms with Crippen LogP contribution < -0.4 is 10.2 Å². The van der Waals surface area contributed by atoms with E-state index in [2.05, 4.69) is 34.3 Å². The summed E-state index contributed by atoms with van der Waals surface area (Å²) in [5.41, 5.74) is 5.72. The number of piperidine rings is 1. The second kappa shape index (κ2) is 7.43. The number of carbonyl (C=O) groups is 1. The molecule has 5 nitrogen and oxygen atoms in total. The van der Waals surface area contributed by atoms with E-state index in [9.17, 15) is 4.79 Å². The van der Waals surface area contributed by atoms with Crippen LogP contribution in [0.3, 0.4) is 0 Å². The van der Waals surface area contributed by atoms with E-state index >= 15 is 0 Å². The van der Waals surface area contributed by atoms with Gasteiger partial charge in [-0.2, -0.15) is 0 Å². The van der Waals surface area contributed by atoms with Gasteiger partial charge in [0.15, 0.2) is 0 Å². The number of amides is 1. The molecule has 0 spiro atoms. The molecule has 27 heavy (non-hydrogen) atoms. The van der Waals surface area contributed by atoms with Crippen LogP contribution in [0.5, 0.6) is 0 Å². The molecule has 1 saturated heterocycles. The van der Waals surface area contributed by atoms with E-state index in [1.807, 2.05) is 41.8 Å². The molecule has 2 aromatic heterocycles. The summed E-state index contributed by atoms with van der Waals surface area (Å²) in [5, 5.41) is 3.00. The van der Waals surface area contributed by atoms with Crippen LogP contribution in [0.1, 0.15) is 47.9 Å². The molecule has 0 saturated carbocycles. The van der Waals surface area contributed by atoms with Crippen molar-refractivity contribution in [2.45, 2.75) is 39.5 Å². The maximum Gasteiger partial charge on any atom is 0.257 e. The van der Waals surface area contributed by atoms with E-state index < -0.39 is 0 Å². The summed E-state index contributed by atoms with van der Waals surface area (Å²) >= 11 is 0. The van der Waals surface area contributed by atoms with Gasteiger partial charge < -0.3 is 14.6 Å². The first-order valence-corrected chi connectivity index (χ1v) is 9.79. The number of hydrogen-bond acceptors (Lipinski definition) is 3. The summed E-state index contributed by atoms with van der Waals surface area (Å²) in [5.74, 6) is -0.103. The minimum absolute atomic E-state index is 0.103. The average molecular weight is 362 g/mol. The van der Waals surface area contributed by atoms with E-state index in [0.717, 1.165) is 42.2 Å². The van der Waals surface area contributed by atoms with Gasteiger partial charge in [0.2, 0.25) is 0 Å². The summed E-state index contributed by atoms with van der Waals surface area (Å²) < 4.78 is 1.99. The number of aromatic nitrogens is 2. The van der Waals surface area contributed by atoms with E-state index in [1.54, 1.807) is 0 Å². The van der Waals surface area contributed by atoms with Crippen LogP contribution >= 0.6 is 0 Å². The molecule has 1 aliphatic heterocycles. The van der Waals surface area contributed by atoms with Gasteiger partial charge in [-0.15, -0.1) is 0 Å². The number of hydrogen-bond donors (Lipinski definition) is 1. The van der Waals surface area contributed by atoms with Crippen molar-refractivity contribution >= 4 is 22.9 Å². The van der Waals surface area contributed by atoms with Crippen LogP contribution in [0.2, 0.25) is 0 Å². The maximum absolute atomic E-state index is 12.7. The number of pyridine rings is 1. The number of benzene rings is 1. The molecule has 1 aliphatic rings. The third kappa shape index (κ3) is 3.54. The average Bonchev–Trinajstić information content (AvgIpc) is 3.04. The Morgan fingerprint density at radius 2 is 1.81 bits per heavy atom. The van der Waals surface area contributed by atoms with E-state index in [-0.39, 0.29) is 5.91 Å². The van der Waals surface area contributed by atoms with Crippen molar-refractivity contribution in [1.82, 2.24) is 9.38 Å². The molecular formula is C22H26N4O.